The molecule has 2 rings (SSSR count). The lowest BCUT2D eigenvalue weighted by Crippen LogP contribution is -2.38. The van der Waals surface area contributed by atoms with E-state index in [1.165, 1.54) is 0 Å². The molecule has 8 heteroatoms. The Morgan fingerprint density at radius 2 is 0.946 bits per heavy atom. The fraction of sp³-hybridized carbons (Fsp3) is 0.724. The molecule has 2 aromatic carbocycles. The van der Waals surface area contributed by atoms with E-state index >= 15 is 0 Å². The van der Waals surface area contributed by atoms with Gasteiger partial charge in [-0.25, -0.2) is 0 Å². The maximum absolute atomic E-state index is 11.9. The molecule has 6 nitrogen and oxygen atoms in total. The van der Waals surface area contributed by atoms with E-state index < -0.39 is 0 Å². The van der Waals surface area contributed by atoms with Crippen LogP contribution in [0.1, 0.15) is 73.4 Å². The monoisotopic (exact) mass is 550 g/mol. The molecule has 0 aliphatic heterocycles. The Hall–Kier alpha value is -1.48. The maximum Gasteiger partial charge on any atom is 0.204 e. The number of hydrogen-bond acceptors (Lipinski definition) is 8. The Balaban J connectivity index is 0.000000371. The molecule has 0 aliphatic rings. The number of nitrogens with zero attached hydrogens (tertiary/aromatic N) is 4. The number of likely N-dealkylation sites (N-methyl/N-ethyl adjacent to an activating group) is 4. The summed E-state index contributed by atoms with van der Waals surface area (Å²) in [5.74, 6) is 0. The van der Waals surface area contributed by atoms with E-state index in [0.29, 0.717) is 9.02 Å². The molecule has 0 radical (unpaired) electrons. The SMILES string of the molecule is CCN(C)CCN(C)c1c(C(C)(C)C)c(=O)c1=S.CCN(CC)CCN(C)c1c(C(C)(C)C)c(=O)c1=S. The van der Waals surface area contributed by atoms with E-state index in [2.05, 4.69) is 89.0 Å². The van der Waals surface area contributed by atoms with E-state index in [0.717, 1.165) is 68.3 Å². The summed E-state index contributed by atoms with van der Waals surface area (Å²) in [6.07, 6.45) is 0. The van der Waals surface area contributed by atoms with Gasteiger partial charge in [-0.15, -0.1) is 0 Å². The van der Waals surface area contributed by atoms with E-state index in [9.17, 15) is 9.59 Å². The third-order valence-corrected chi connectivity index (χ3v) is 7.79. The molecule has 0 spiro atoms. The van der Waals surface area contributed by atoms with Crippen molar-refractivity contribution in [1.29, 1.82) is 0 Å². The van der Waals surface area contributed by atoms with Gasteiger partial charge in [-0.05, 0) is 37.5 Å². The predicted molar refractivity (Wildman–Crippen MR) is 167 cm³/mol. The quantitative estimate of drug-likeness (QED) is 0.360. The molecule has 0 fully saturated rings. The maximum atomic E-state index is 11.9. The normalized spacial score (nSPS) is 12.4. The summed E-state index contributed by atoms with van der Waals surface area (Å²) < 4.78 is 1.01. The first kappa shape index (κ1) is 33.5. The van der Waals surface area contributed by atoms with Gasteiger partial charge in [-0.3, -0.25) is 9.59 Å². The summed E-state index contributed by atoms with van der Waals surface area (Å²) in [7, 11) is 6.14. The Kier molecular flexibility index (Phi) is 12.3. The van der Waals surface area contributed by atoms with Crippen molar-refractivity contribution in [2.75, 3.05) is 76.8 Å². The van der Waals surface area contributed by atoms with Crippen LogP contribution in [0.2, 0.25) is 0 Å². The fourth-order valence-corrected chi connectivity index (χ4v) is 5.13. The predicted octanol–water partition coefficient (Wildman–Crippen LogP) is 5.06. The van der Waals surface area contributed by atoms with Crippen LogP contribution in [-0.4, -0.2) is 76.8 Å². The van der Waals surface area contributed by atoms with Crippen molar-refractivity contribution < 1.29 is 0 Å². The van der Waals surface area contributed by atoms with Crippen molar-refractivity contribution in [3.8, 4) is 0 Å². The summed E-state index contributed by atoms with van der Waals surface area (Å²) in [4.78, 5) is 32.7. The number of hydrogen-bond donors (Lipinski definition) is 0. The molecule has 0 heterocycles. The lowest BCUT2D eigenvalue weighted by atomic mass is 9.82. The highest BCUT2D eigenvalue weighted by Gasteiger charge is 2.31. The van der Waals surface area contributed by atoms with Gasteiger partial charge in [0, 0.05) is 51.4 Å². The second kappa shape index (κ2) is 13.5. The second-order valence-corrected chi connectivity index (χ2v) is 12.8. The van der Waals surface area contributed by atoms with Gasteiger partial charge in [-0.1, -0.05) is 86.7 Å². The molecule has 210 valence electrons. The molecule has 2 aromatic rings. The zero-order valence-corrected chi connectivity index (χ0v) is 27.0. The van der Waals surface area contributed by atoms with Gasteiger partial charge in [0.2, 0.25) is 10.9 Å². The van der Waals surface area contributed by atoms with Crippen molar-refractivity contribution in [3.63, 3.8) is 0 Å². The molecular formula is C29H50N4O2S2. The Morgan fingerprint density at radius 1 is 0.595 bits per heavy atom. The molecule has 37 heavy (non-hydrogen) atoms. The van der Waals surface area contributed by atoms with Crippen LogP contribution in [0.15, 0.2) is 9.59 Å². The molecule has 0 atom stereocenters. The zero-order chi connectivity index (χ0) is 28.9. The van der Waals surface area contributed by atoms with Crippen molar-refractivity contribution >= 4 is 35.8 Å². The first-order chi connectivity index (χ1) is 16.9. The largest absolute Gasteiger partial charge is 0.372 e. The summed E-state index contributed by atoms with van der Waals surface area (Å²) in [6.45, 7) is 25.8. The van der Waals surface area contributed by atoms with Crippen LogP contribution in [0.4, 0.5) is 11.4 Å². The topological polar surface area (TPSA) is 47.1 Å². The van der Waals surface area contributed by atoms with E-state index in [1.807, 2.05) is 14.1 Å². The van der Waals surface area contributed by atoms with Crippen LogP contribution >= 0.6 is 24.4 Å². The van der Waals surface area contributed by atoms with Gasteiger partial charge in [0.25, 0.3) is 0 Å². The van der Waals surface area contributed by atoms with Crippen LogP contribution in [0, 0.1) is 9.02 Å². The van der Waals surface area contributed by atoms with Gasteiger partial charge in [0.1, 0.15) is 9.02 Å². The Labute approximate surface area is 235 Å². The molecular weight excluding hydrogens is 500 g/mol. The summed E-state index contributed by atoms with van der Waals surface area (Å²) in [5, 5.41) is 0. The van der Waals surface area contributed by atoms with Crippen molar-refractivity contribution in [2.45, 2.75) is 73.1 Å². The Morgan fingerprint density at radius 3 is 1.24 bits per heavy atom. The van der Waals surface area contributed by atoms with Crippen LogP contribution < -0.4 is 20.7 Å². The van der Waals surface area contributed by atoms with E-state index in [4.69, 9.17) is 24.4 Å². The summed E-state index contributed by atoms with van der Waals surface area (Å²) >= 11 is 10.4. The van der Waals surface area contributed by atoms with Crippen molar-refractivity contribution in [2.24, 2.45) is 0 Å². The van der Waals surface area contributed by atoms with Gasteiger partial charge in [0.05, 0.1) is 11.4 Å². The smallest absolute Gasteiger partial charge is 0.204 e. The minimum absolute atomic E-state index is 0.0585. The summed E-state index contributed by atoms with van der Waals surface area (Å²) in [6, 6.07) is 0. The lowest BCUT2D eigenvalue weighted by Gasteiger charge is -2.32. The standard InChI is InChI=1S/C15H26N2OS.C14H24N2OS/c1-7-17(8-2)10-9-16(6)12-11(15(3,4)5)13(18)14(12)19;1-7-15(5)8-9-16(6)11-10(14(2,3)4)12(17)13(11)18/h7-10H2,1-6H3;7-9H2,1-6H3. The molecule has 0 aliphatic carbocycles. The highest BCUT2D eigenvalue weighted by atomic mass is 32.1. The molecule has 0 amide bonds. The molecule has 0 N–H and O–H groups in total. The van der Waals surface area contributed by atoms with Crippen LogP contribution in [0.25, 0.3) is 0 Å². The fourth-order valence-electron chi connectivity index (χ4n) is 4.41. The highest BCUT2D eigenvalue weighted by Crippen LogP contribution is 2.33. The number of anilines is 2. The second-order valence-electron chi connectivity index (χ2n) is 12.0. The van der Waals surface area contributed by atoms with Gasteiger partial charge >= 0.3 is 0 Å². The van der Waals surface area contributed by atoms with Gasteiger partial charge in [0.15, 0.2) is 0 Å². The van der Waals surface area contributed by atoms with Gasteiger partial charge in [-0.2, -0.15) is 0 Å². The average molecular weight is 551 g/mol. The van der Waals surface area contributed by atoms with Crippen LogP contribution in [-0.2, 0) is 10.8 Å². The minimum atomic E-state index is -0.127. The van der Waals surface area contributed by atoms with E-state index in [1.54, 1.807) is 0 Å². The third kappa shape index (κ3) is 8.25. The first-order valence-corrected chi connectivity index (χ1v) is 14.3. The number of rotatable bonds is 11. The van der Waals surface area contributed by atoms with Crippen molar-refractivity contribution in [1.82, 2.24) is 9.80 Å². The zero-order valence-electron chi connectivity index (χ0n) is 25.4. The Bertz CT molecular complexity index is 1160. The highest BCUT2D eigenvalue weighted by molar-refractivity contribution is 7.72. The lowest BCUT2D eigenvalue weighted by molar-refractivity contribution is 0.311. The molecule has 0 saturated carbocycles. The minimum Gasteiger partial charge on any atom is -0.372 e. The first-order valence-electron chi connectivity index (χ1n) is 13.4. The van der Waals surface area contributed by atoms with Crippen LogP contribution in [0.5, 0.6) is 0 Å². The molecule has 0 saturated heterocycles. The third-order valence-electron chi connectivity index (χ3n) is 7.04. The van der Waals surface area contributed by atoms with Crippen LogP contribution in [0.3, 0.4) is 0 Å². The molecule has 0 unspecified atom stereocenters. The average Bonchev–Trinajstić information content (AvgIpc) is 2.81. The van der Waals surface area contributed by atoms with Crippen molar-refractivity contribution in [3.05, 3.63) is 40.6 Å². The van der Waals surface area contributed by atoms with Gasteiger partial charge < -0.3 is 19.6 Å². The molecule has 0 bridgehead atoms. The summed E-state index contributed by atoms with van der Waals surface area (Å²) in [5.41, 5.74) is 3.61. The molecule has 0 aromatic heterocycles. The van der Waals surface area contributed by atoms with E-state index in [-0.39, 0.29) is 21.7 Å².